The number of nitrogen functional groups attached to an aromatic ring is 1. The number of aromatic nitrogens is 4. The minimum atomic E-state index is -5.06. The number of phosphoric ester groups is 2. The van der Waals surface area contributed by atoms with Crippen molar-refractivity contribution >= 4 is 32.6 Å². The van der Waals surface area contributed by atoms with E-state index in [1.54, 1.807) is 0 Å². The topological polar surface area (TPSA) is 233 Å². The van der Waals surface area contributed by atoms with Gasteiger partial charge in [0.2, 0.25) is 0 Å². The molecule has 3 rings (SSSR count). The van der Waals surface area contributed by atoms with Gasteiger partial charge in [-0.25, -0.2) is 24.1 Å². The van der Waals surface area contributed by atoms with Crippen LogP contribution in [-0.2, 0) is 22.9 Å². The fourth-order valence-electron chi connectivity index (χ4n) is 2.58. The first-order valence-electron chi connectivity index (χ1n) is 7.17. The van der Waals surface area contributed by atoms with Crippen LogP contribution in [-0.4, -0.2) is 69.1 Å². The molecule has 0 spiro atoms. The molecule has 1 saturated heterocycles. The second kappa shape index (κ2) is 7.14. The molecule has 2 aromatic heterocycles. The van der Waals surface area contributed by atoms with Crippen molar-refractivity contribution < 1.29 is 47.6 Å². The fourth-order valence-corrected chi connectivity index (χ4v) is 3.47. The van der Waals surface area contributed by atoms with Gasteiger partial charge in [-0.15, -0.1) is 0 Å². The summed E-state index contributed by atoms with van der Waals surface area (Å²) in [7, 11) is -9.94. The Morgan fingerprint density at radius 3 is 2.52 bits per heavy atom. The third-order valence-electron chi connectivity index (χ3n) is 3.64. The number of fused-ring (bicyclic) bond motifs is 1. The average Bonchev–Trinajstić information content (AvgIpc) is 3.07. The van der Waals surface area contributed by atoms with Gasteiger partial charge in [0.25, 0.3) is 0 Å². The van der Waals surface area contributed by atoms with Crippen LogP contribution < -0.4 is 5.73 Å². The maximum absolute atomic E-state index is 11.3. The number of anilines is 1. The molecular weight excluding hydrogens is 412 g/mol. The lowest BCUT2D eigenvalue weighted by Crippen LogP contribution is -2.35. The van der Waals surface area contributed by atoms with Crippen molar-refractivity contribution in [2.75, 3.05) is 12.3 Å². The summed E-state index contributed by atoms with van der Waals surface area (Å²) in [6.45, 7) is -0.771. The van der Waals surface area contributed by atoms with E-state index in [4.69, 9.17) is 30.0 Å². The summed E-state index contributed by atoms with van der Waals surface area (Å²) in [5, 5.41) is 10.3. The first-order valence-corrected chi connectivity index (χ1v) is 10.2. The molecular formula is C10H15N5O10P2. The lowest BCUT2D eigenvalue weighted by molar-refractivity contribution is -0.0498. The van der Waals surface area contributed by atoms with E-state index in [1.165, 1.54) is 10.9 Å². The zero-order valence-electron chi connectivity index (χ0n) is 13.2. The zero-order valence-corrected chi connectivity index (χ0v) is 15.0. The molecule has 0 radical (unpaired) electrons. The Kier molecular flexibility index (Phi) is 5.35. The molecule has 3 heterocycles. The highest BCUT2D eigenvalue weighted by atomic mass is 31.2. The van der Waals surface area contributed by atoms with E-state index in [-0.39, 0.29) is 17.0 Å². The fraction of sp³-hybridized carbons (Fsp3) is 0.500. The molecule has 1 aliphatic rings. The summed E-state index contributed by atoms with van der Waals surface area (Å²) in [5.41, 5.74) is 5.96. The van der Waals surface area contributed by atoms with Gasteiger partial charge in [0.15, 0.2) is 17.7 Å². The molecule has 2 aromatic rings. The smallest absolute Gasteiger partial charge is 0.387 e. The molecule has 0 bridgehead atoms. The number of imidazole rings is 1. The molecule has 0 aliphatic carbocycles. The lowest BCUT2D eigenvalue weighted by Gasteiger charge is -2.22. The Labute approximate surface area is 150 Å². The van der Waals surface area contributed by atoms with Crippen LogP contribution in [0.1, 0.15) is 6.23 Å². The minimum Gasteiger partial charge on any atom is -0.387 e. The van der Waals surface area contributed by atoms with Crippen molar-refractivity contribution in [2.45, 2.75) is 24.5 Å². The third kappa shape index (κ3) is 4.50. The third-order valence-corrected chi connectivity index (χ3v) is 4.64. The van der Waals surface area contributed by atoms with Crippen molar-refractivity contribution in [3.63, 3.8) is 0 Å². The quantitative estimate of drug-likeness (QED) is 0.281. The number of phosphoric acid groups is 2. The largest absolute Gasteiger partial charge is 0.470 e. The molecule has 0 aromatic carbocycles. The summed E-state index contributed by atoms with van der Waals surface area (Å²) in [6.07, 6.45) is -3.78. The molecule has 1 fully saturated rings. The first-order chi connectivity index (χ1) is 12.5. The maximum Gasteiger partial charge on any atom is 0.470 e. The highest BCUT2D eigenvalue weighted by Crippen LogP contribution is 2.46. The summed E-state index contributed by atoms with van der Waals surface area (Å²) in [4.78, 5) is 47.5. The molecule has 0 unspecified atom stereocenters. The Morgan fingerprint density at radius 2 is 1.89 bits per heavy atom. The number of aliphatic hydroxyl groups is 1. The molecule has 150 valence electrons. The lowest BCUT2D eigenvalue weighted by atomic mass is 10.1. The summed E-state index contributed by atoms with van der Waals surface area (Å²) in [5.74, 6) is 0.0335. The van der Waals surface area contributed by atoms with Crippen LogP contribution in [0.15, 0.2) is 12.7 Å². The van der Waals surface area contributed by atoms with Gasteiger partial charge < -0.3 is 35.2 Å². The van der Waals surface area contributed by atoms with E-state index in [2.05, 4.69) is 24.0 Å². The Hall–Kier alpha value is -1.51. The van der Waals surface area contributed by atoms with Crippen LogP contribution in [0, 0.1) is 0 Å². The van der Waals surface area contributed by atoms with Crippen LogP contribution >= 0.6 is 15.6 Å². The van der Waals surface area contributed by atoms with Gasteiger partial charge in [-0.3, -0.25) is 13.6 Å². The molecule has 27 heavy (non-hydrogen) atoms. The molecule has 15 nitrogen and oxygen atoms in total. The zero-order chi connectivity index (χ0) is 20.0. The van der Waals surface area contributed by atoms with Crippen molar-refractivity contribution in [1.82, 2.24) is 19.5 Å². The van der Waals surface area contributed by atoms with Crippen LogP contribution in [0.3, 0.4) is 0 Å². The number of rotatable bonds is 6. The number of ether oxygens (including phenoxy) is 1. The molecule has 0 amide bonds. The van der Waals surface area contributed by atoms with Crippen molar-refractivity contribution in [2.24, 2.45) is 0 Å². The van der Waals surface area contributed by atoms with Gasteiger partial charge >= 0.3 is 15.6 Å². The van der Waals surface area contributed by atoms with Crippen LogP contribution in [0.2, 0.25) is 0 Å². The van der Waals surface area contributed by atoms with E-state index in [0.29, 0.717) is 0 Å². The summed E-state index contributed by atoms with van der Waals surface area (Å²) in [6, 6.07) is 0. The summed E-state index contributed by atoms with van der Waals surface area (Å²) < 4.78 is 37.7. The Morgan fingerprint density at radius 1 is 1.19 bits per heavy atom. The molecule has 17 heteroatoms. The highest BCUT2D eigenvalue weighted by Gasteiger charge is 2.49. The normalized spacial score (nSPS) is 26.7. The maximum atomic E-state index is 11.3. The van der Waals surface area contributed by atoms with Gasteiger partial charge in [-0.2, -0.15) is 0 Å². The SMILES string of the molecule is Nc1ncnc2c1ncn2[C@@H]1O[C@H](COP(=O)(O)O)[C@@H](O)[C@@H]1OP(=O)(O)O. The minimum absolute atomic E-state index is 0.0335. The van der Waals surface area contributed by atoms with Gasteiger partial charge in [0.1, 0.15) is 30.2 Å². The monoisotopic (exact) mass is 427 g/mol. The van der Waals surface area contributed by atoms with E-state index >= 15 is 0 Å². The Balaban J connectivity index is 1.95. The van der Waals surface area contributed by atoms with Crippen LogP contribution in [0.4, 0.5) is 5.82 Å². The number of hydrogen-bond donors (Lipinski definition) is 6. The molecule has 7 N–H and O–H groups in total. The van der Waals surface area contributed by atoms with Crippen molar-refractivity contribution in [1.29, 1.82) is 0 Å². The van der Waals surface area contributed by atoms with E-state index in [1.807, 2.05) is 0 Å². The van der Waals surface area contributed by atoms with Gasteiger partial charge in [-0.05, 0) is 0 Å². The molecule has 4 atom stereocenters. The summed E-state index contributed by atoms with van der Waals surface area (Å²) >= 11 is 0. The second-order valence-electron chi connectivity index (χ2n) is 5.49. The van der Waals surface area contributed by atoms with Crippen LogP contribution in [0.25, 0.3) is 11.2 Å². The average molecular weight is 427 g/mol. The molecule has 0 saturated carbocycles. The first kappa shape index (κ1) is 20.2. The molecule has 1 aliphatic heterocycles. The predicted octanol–water partition coefficient (Wildman–Crippen LogP) is -1.75. The number of aliphatic hydroxyl groups excluding tert-OH is 1. The van der Waals surface area contributed by atoms with Gasteiger partial charge in [0.05, 0.1) is 12.9 Å². The number of nitrogens with two attached hydrogens (primary N) is 1. The van der Waals surface area contributed by atoms with Crippen molar-refractivity contribution in [3.05, 3.63) is 12.7 Å². The van der Waals surface area contributed by atoms with Gasteiger partial charge in [-0.1, -0.05) is 0 Å². The number of hydrogen-bond acceptors (Lipinski definition) is 10. The van der Waals surface area contributed by atoms with Crippen molar-refractivity contribution in [3.8, 4) is 0 Å². The van der Waals surface area contributed by atoms with E-state index in [0.717, 1.165) is 6.33 Å². The van der Waals surface area contributed by atoms with E-state index in [9.17, 15) is 14.2 Å². The highest BCUT2D eigenvalue weighted by molar-refractivity contribution is 7.46. The number of nitrogens with zero attached hydrogens (tertiary/aromatic N) is 4. The van der Waals surface area contributed by atoms with E-state index < -0.39 is 46.8 Å². The predicted molar refractivity (Wildman–Crippen MR) is 84.6 cm³/mol. The van der Waals surface area contributed by atoms with Crippen LogP contribution in [0.5, 0.6) is 0 Å². The Bertz CT molecular complexity index is 926. The second-order valence-corrected chi connectivity index (χ2v) is 7.92. The standard InChI is InChI=1S/C10H15N5O10P2/c11-8-5-9(13-2-12-8)15(3-14-5)10-7(25-27(20,21)22)6(16)4(24-10)1-23-26(17,18)19/h2-4,6-7,10,16H,1H2,(H2,11,12,13)(H2,17,18,19)(H2,20,21,22)/t4-,6-,7+,10-/m1/s1. The van der Waals surface area contributed by atoms with Gasteiger partial charge in [0, 0.05) is 0 Å².